The molecule has 0 saturated carbocycles. The molecule has 0 radical (unpaired) electrons. The van der Waals surface area contributed by atoms with E-state index < -0.39 is 0 Å². The number of amides is 1. The molecule has 0 aliphatic heterocycles. The summed E-state index contributed by atoms with van der Waals surface area (Å²) in [4.78, 5) is 12.1. The zero-order chi connectivity index (χ0) is 14.7. The number of halogens is 2. The highest BCUT2D eigenvalue weighted by Crippen LogP contribution is 2.21. The van der Waals surface area contributed by atoms with Crippen molar-refractivity contribution >= 4 is 43.5 Å². The van der Waals surface area contributed by atoms with E-state index in [-0.39, 0.29) is 18.2 Å². The number of phenolic OH excluding ortho intramolecular Hbond substituents is 1. The van der Waals surface area contributed by atoms with Gasteiger partial charge in [0.25, 0.3) is 5.91 Å². The van der Waals surface area contributed by atoms with Gasteiger partial charge in [-0.25, -0.2) is 0 Å². The second kappa shape index (κ2) is 6.28. The Morgan fingerprint density at radius 3 is 2.45 bits per heavy atom. The number of aromatic hydroxyl groups is 1. The Balaban J connectivity index is 2.10. The Morgan fingerprint density at radius 1 is 1.15 bits per heavy atom. The Labute approximate surface area is 133 Å². The summed E-state index contributed by atoms with van der Waals surface area (Å²) < 4.78 is 1.62. The first-order chi connectivity index (χ1) is 9.45. The van der Waals surface area contributed by atoms with E-state index in [1.165, 1.54) is 6.07 Å². The first-order valence-corrected chi connectivity index (χ1v) is 7.36. The number of benzene rings is 2. The van der Waals surface area contributed by atoms with E-state index in [1.54, 1.807) is 24.3 Å². The van der Waals surface area contributed by atoms with Crippen LogP contribution in [0.2, 0.25) is 0 Å². The van der Waals surface area contributed by atoms with Gasteiger partial charge in [0, 0.05) is 32.3 Å². The molecule has 0 heterocycles. The number of rotatable bonds is 3. The van der Waals surface area contributed by atoms with Gasteiger partial charge < -0.3 is 16.2 Å². The summed E-state index contributed by atoms with van der Waals surface area (Å²) in [5.74, 6) is -0.122. The van der Waals surface area contributed by atoms with Gasteiger partial charge >= 0.3 is 0 Å². The van der Waals surface area contributed by atoms with Gasteiger partial charge in [0.1, 0.15) is 5.75 Å². The van der Waals surface area contributed by atoms with E-state index in [1.807, 2.05) is 6.07 Å². The third kappa shape index (κ3) is 3.74. The number of hydrogen-bond acceptors (Lipinski definition) is 3. The molecule has 4 nitrogen and oxygen atoms in total. The summed E-state index contributed by atoms with van der Waals surface area (Å²) in [6.07, 6.45) is 0. The van der Waals surface area contributed by atoms with Crippen LogP contribution in [0, 0.1) is 0 Å². The van der Waals surface area contributed by atoms with Crippen molar-refractivity contribution in [2.75, 3.05) is 5.73 Å². The smallest absolute Gasteiger partial charge is 0.251 e. The zero-order valence-electron chi connectivity index (χ0n) is 10.4. The van der Waals surface area contributed by atoms with Gasteiger partial charge in [-0.1, -0.05) is 31.9 Å². The second-order valence-corrected chi connectivity index (χ2v) is 6.06. The standard InChI is InChI=1S/C14H12Br2N2O2/c15-10-3-8(4-11(16)6-10)14(20)18-7-9-5-12(17)1-2-13(9)19/h1-6,19H,7,17H2,(H,18,20). The number of nitrogens with two attached hydrogens (primary N) is 1. The second-order valence-electron chi connectivity index (χ2n) is 4.23. The maximum atomic E-state index is 12.1. The molecule has 0 spiro atoms. The molecular weight excluding hydrogens is 388 g/mol. The van der Waals surface area contributed by atoms with E-state index in [0.29, 0.717) is 16.8 Å². The van der Waals surface area contributed by atoms with E-state index in [9.17, 15) is 9.90 Å². The lowest BCUT2D eigenvalue weighted by Crippen LogP contribution is -2.22. The van der Waals surface area contributed by atoms with Crippen LogP contribution in [-0.4, -0.2) is 11.0 Å². The molecule has 0 aliphatic carbocycles. The van der Waals surface area contributed by atoms with Gasteiger partial charge in [-0.3, -0.25) is 4.79 Å². The number of nitrogens with one attached hydrogen (secondary N) is 1. The van der Waals surface area contributed by atoms with Crippen LogP contribution in [0.5, 0.6) is 5.75 Å². The van der Waals surface area contributed by atoms with Crippen LogP contribution in [0.3, 0.4) is 0 Å². The van der Waals surface area contributed by atoms with Crippen molar-refractivity contribution in [1.29, 1.82) is 0 Å². The minimum absolute atomic E-state index is 0.106. The monoisotopic (exact) mass is 398 g/mol. The summed E-state index contributed by atoms with van der Waals surface area (Å²) in [7, 11) is 0. The quantitative estimate of drug-likeness (QED) is 0.546. The molecule has 0 aromatic heterocycles. The molecule has 20 heavy (non-hydrogen) atoms. The average Bonchev–Trinajstić information content (AvgIpc) is 2.38. The molecule has 0 atom stereocenters. The molecule has 1 amide bonds. The van der Waals surface area contributed by atoms with Crippen molar-refractivity contribution in [3.8, 4) is 5.75 Å². The number of hydrogen-bond donors (Lipinski definition) is 3. The lowest BCUT2D eigenvalue weighted by Gasteiger charge is -2.08. The van der Waals surface area contributed by atoms with Gasteiger partial charge in [0.2, 0.25) is 0 Å². The molecule has 2 aromatic rings. The summed E-state index contributed by atoms with van der Waals surface area (Å²) in [5, 5.41) is 12.4. The molecule has 0 saturated heterocycles. The highest BCUT2D eigenvalue weighted by Gasteiger charge is 2.09. The summed E-state index contributed by atoms with van der Waals surface area (Å²) in [6, 6.07) is 10.0. The fourth-order valence-electron chi connectivity index (χ4n) is 1.71. The number of phenols is 1. The Bertz CT molecular complexity index is 639. The van der Waals surface area contributed by atoms with Gasteiger partial charge in [-0.2, -0.15) is 0 Å². The van der Waals surface area contributed by atoms with Crippen molar-refractivity contribution < 1.29 is 9.90 Å². The van der Waals surface area contributed by atoms with E-state index in [4.69, 9.17) is 5.73 Å². The molecule has 0 unspecified atom stereocenters. The zero-order valence-corrected chi connectivity index (χ0v) is 13.5. The maximum absolute atomic E-state index is 12.1. The minimum Gasteiger partial charge on any atom is -0.508 e. The van der Waals surface area contributed by atoms with Crippen molar-refractivity contribution in [3.63, 3.8) is 0 Å². The molecule has 104 valence electrons. The molecule has 0 fully saturated rings. The van der Waals surface area contributed by atoms with Crippen LogP contribution in [0.15, 0.2) is 45.3 Å². The van der Waals surface area contributed by atoms with Crippen LogP contribution in [0.4, 0.5) is 5.69 Å². The lowest BCUT2D eigenvalue weighted by atomic mass is 10.1. The number of carbonyl (C=O) groups is 1. The van der Waals surface area contributed by atoms with Gasteiger partial charge in [-0.05, 0) is 36.4 Å². The Hall–Kier alpha value is -1.53. The number of anilines is 1. The van der Waals surface area contributed by atoms with Crippen LogP contribution < -0.4 is 11.1 Å². The molecule has 4 N–H and O–H groups in total. The topological polar surface area (TPSA) is 75.3 Å². The molecule has 2 aromatic carbocycles. The largest absolute Gasteiger partial charge is 0.508 e. The first kappa shape index (κ1) is 14.9. The van der Waals surface area contributed by atoms with Crippen LogP contribution in [0.25, 0.3) is 0 Å². The van der Waals surface area contributed by atoms with Gasteiger partial charge in [0.15, 0.2) is 0 Å². The third-order valence-corrected chi connectivity index (χ3v) is 3.58. The first-order valence-electron chi connectivity index (χ1n) is 5.77. The van der Waals surface area contributed by atoms with Gasteiger partial charge in [0.05, 0.1) is 0 Å². The van der Waals surface area contributed by atoms with Crippen molar-refractivity contribution in [2.24, 2.45) is 0 Å². The normalized spacial score (nSPS) is 10.3. The summed E-state index contributed by atoms with van der Waals surface area (Å²) in [5.41, 5.74) is 7.29. The maximum Gasteiger partial charge on any atom is 0.251 e. The fourth-order valence-corrected chi connectivity index (χ4v) is 3.00. The summed E-state index contributed by atoms with van der Waals surface area (Å²) in [6.45, 7) is 0.208. The predicted molar refractivity (Wildman–Crippen MR) is 85.5 cm³/mol. The predicted octanol–water partition coefficient (Wildman–Crippen LogP) is 3.43. The molecule has 6 heteroatoms. The molecule has 2 rings (SSSR count). The van der Waals surface area contributed by atoms with Crippen LogP contribution in [-0.2, 0) is 6.54 Å². The van der Waals surface area contributed by atoms with E-state index in [0.717, 1.165) is 8.95 Å². The van der Waals surface area contributed by atoms with E-state index >= 15 is 0 Å². The van der Waals surface area contributed by atoms with Crippen LogP contribution >= 0.6 is 31.9 Å². The molecule has 0 aliphatic rings. The van der Waals surface area contributed by atoms with Crippen molar-refractivity contribution in [2.45, 2.75) is 6.54 Å². The Kier molecular flexibility index (Phi) is 4.67. The highest BCUT2D eigenvalue weighted by molar-refractivity contribution is 9.11. The van der Waals surface area contributed by atoms with Gasteiger partial charge in [-0.15, -0.1) is 0 Å². The van der Waals surface area contributed by atoms with Crippen molar-refractivity contribution in [1.82, 2.24) is 5.32 Å². The fraction of sp³-hybridized carbons (Fsp3) is 0.0714. The number of nitrogen functional groups attached to an aromatic ring is 1. The SMILES string of the molecule is Nc1ccc(O)c(CNC(=O)c2cc(Br)cc(Br)c2)c1. The van der Waals surface area contributed by atoms with E-state index in [2.05, 4.69) is 37.2 Å². The Morgan fingerprint density at radius 2 is 1.80 bits per heavy atom. The number of carbonyl (C=O) groups excluding carboxylic acids is 1. The molecular formula is C14H12Br2N2O2. The summed E-state index contributed by atoms with van der Waals surface area (Å²) >= 11 is 6.66. The highest BCUT2D eigenvalue weighted by atomic mass is 79.9. The van der Waals surface area contributed by atoms with Crippen LogP contribution in [0.1, 0.15) is 15.9 Å². The molecule has 0 bridgehead atoms. The third-order valence-electron chi connectivity index (χ3n) is 2.67. The van der Waals surface area contributed by atoms with Crippen molar-refractivity contribution in [3.05, 3.63) is 56.5 Å². The average molecular weight is 400 g/mol. The lowest BCUT2D eigenvalue weighted by molar-refractivity contribution is 0.0950. The minimum atomic E-state index is -0.228.